The number of piperazine rings is 1. The van der Waals surface area contributed by atoms with Crippen LogP contribution in [0.5, 0.6) is 0 Å². The molecule has 0 bridgehead atoms. The number of nitrogens with two attached hydrogens (primary N) is 1. The maximum absolute atomic E-state index is 12.3. The lowest BCUT2D eigenvalue weighted by Crippen LogP contribution is -2.55. The Morgan fingerprint density at radius 3 is 3.05 bits per heavy atom. The Hall–Kier alpha value is -2.39. The molecule has 1 unspecified atom stereocenters. The van der Waals surface area contributed by atoms with Crippen LogP contribution in [0, 0.1) is 11.8 Å². The Morgan fingerprint density at radius 1 is 1.60 bits per heavy atom. The zero-order valence-electron chi connectivity index (χ0n) is 11.2. The molecule has 2 amide bonds. The van der Waals surface area contributed by atoms with Gasteiger partial charge in [-0.05, 0) is 19.1 Å². The number of hydrogen-bond donors (Lipinski definition) is 2. The standard InChI is InChI=1S/C14H16N4O2/c1-10-13(19)16-7-8-18(10)14(20)12-5-4-11(9-17-12)3-2-6-15/h4-5,9-10H,6-8,15H2,1H3,(H,16,19). The molecule has 1 atom stereocenters. The molecule has 104 valence electrons. The molecule has 0 aromatic carbocycles. The summed E-state index contributed by atoms with van der Waals surface area (Å²) in [5, 5.41) is 2.72. The summed E-state index contributed by atoms with van der Waals surface area (Å²) >= 11 is 0. The summed E-state index contributed by atoms with van der Waals surface area (Å²) in [5.41, 5.74) is 6.30. The second kappa shape index (κ2) is 6.17. The Bertz CT molecular complexity index is 571. The minimum absolute atomic E-state index is 0.143. The normalized spacial score (nSPS) is 18.0. The highest BCUT2D eigenvalue weighted by Gasteiger charge is 2.30. The van der Waals surface area contributed by atoms with E-state index in [1.165, 1.54) is 11.1 Å². The lowest BCUT2D eigenvalue weighted by molar-refractivity contribution is -0.127. The molecule has 1 aromatic rings. The summed E-state index contributed by atoms with van der Waals surface area (Å²) in [4.78, 5) is 29.5. The third-order valence-corrected chi connectivity index (χ3v) is 3.08. The van der Waals surface area contributed by atoms with E-state index in [2.05, 4.69) is 22.1 Å². The average Bonchev–Trinajstić information content (AvgIpc) is 2.48. The molecule has 1 aromatic heterocycles. The van der Waals surface area contributed by atoms with Crippen LogP contribution in [0.4, 0.5) is 0 Å². The third-order valence-electron chi connectivity index (χ3n) is 3.08. The van der Waals surface area contributed by atoms with Crippen LogP contribution in [0.2, 0.25) is 0 Å². The van der Waals surface area contributed by atoms with Gasteiger partial charge in [0, 0.05) is 24.8 Å². The summed E-state index contributed by atoms with van der Waals surface area (Å²) in [7, 11) is 0. The van der Waals surface area contributed by atoms with E-state index in [1.807, 2.05) is 0 Å². The van der Waals surface area contributed by atoms with E-state index in [1.54, 1.807) is 19.1 Å². The van der Waals surface area contributed by atoms with Crippen molar-refractivity contribution >= 4 is 11.8 Å². The molecule has 0 aliphatic carbocycles. The van der Waals surface area contributed by atoms with Gasteiger partial charge in [0.05, 0.1) is 6.54 Å². The topological polar surface area (TPSA) is 88.3 Å². The number of pyridine rings is 1. The van der Waals surface area contributed by atoms with Gasteiger partial charge in [-0.2, -0.15) is 0 Å². The highest BCUT2D eigenvalue weighted by molar-refractivity contribution is 5.96. The van der Waals surface area contributed by atoms with Gasteiger partial charge in [0.25, 0.3) is 5.91 Å². The fraction of sp³-hybridized carbons (Fsp3) is 0.357. The molecule has 6 heteroatoms. The van der Waals surface area contributed by atoms with Crippen LogP contribution in [0.1, 0.15) is 23.0 Å². The molecule has 2 rings (SSSR count). The van der Waals surface area contributed by atoms with Gasteiger partial charge in [-0.3, -0.25) is 9.59 Å². The average molecular weight is 272 g/mol. The van der Waals surface area contributed by atoms with Crippen molar-refractivity contribution in [2.75, 3.05) is 19.6 Å². The fourth-order valence-corrected chi connectivity index (χ4v) is 1.95. The molecule has 0 saturated carbocycles. The largest absolute Gasteiger partial charge is 0.353 e. The highest BCUT2D eigenvalue weighted by atomic mass is 16.2. The maximum Gasteiger partial charge on any atom is 0.273 e. The van der Waals surface area contributed by atoms with Crippen molar-refractivity contribution in [3.63, 3.8) is 0 Å². The van der Waals surface area contributed by atoms with Crippen LogP contribution in [-0.4, -0.2) is 47.4 Å². The van der Waals surface area contributed by atoms with Gasteiger partial charge in [-0.1, -0.05) is 11.8 Å². The first-order valence-corrected chi connectivity index (χ1v) is 6.37. The molecule has 0 radical (unpaired) electrons. The van der Waals surface area contributed by atoms with E-state index in [-0.39, 0.29) is 18.4 Å². The second-order valence-electron chi connectivity index (χ2n) is 4.40. The van der Waals surface area contributed by atoms with E-state index < -0.39 is 6.04 Å². The third kappa shape index (κ3) is 2.95. The first-order chi connectivity index (χ1) is 9.63. The fourth-order valence-electron chi connectivity index (χ4n) is 1.95. The van der Waals surface area contributed by atoms with Crippen LogP contribution in [0.3, 0.4) is 0 Å². The Balaban J connectivity index is 2.14. The summed E-state index contributed by atoms with van der Waals surface area (Å²) in [6.45, 7) is 2.94. The van der Waals surface area contributed by atoms with Crippen LogP contribution < -0.4 is 11.1 Å². The molecule has 2 heterocycles. The molecule has 0 spiro atoms. The molecule has 1 aliphatic rings. The van der Waals surface area contributed by atoms with E-state index in [0.717, 1.165) is 0 Å². The number of hydrogen-bond acceptors (Lipinski definition) is 4. The minimum Gasteiger partial charge on any atom is -0.353 e. The number of rotatable bonds is 1. The number of carbonyl (C=O) groups excluding carboxylic acids is 2. The summed E-state index contributed by atoms with van der Waals surface area (Å²) in [6.07, 6.45) is 1.53. The number of nitrogens with zero attached hydrogens (tertiary/aromatic N) is 2. The van der Waals surface area contributed by atoms with Crippen LogP contribution >= 0.6 is 0 Å². The number of amides is 2. The van der Waals surface area contributed by atoms with Gasteiger partial charge < -0.3 is 16.0 Å². The quantitative estimate of drug-likeness (QED) is 0.665. The predicted molar refractivity (Wildman–Crippen MR) is 73.7 cm³/mol. The molecule has 1 saturated heterocycles. The molecule has 1 aliphatic heterocycles. The van der Waals surface area contributed by atoms with Crippen molar-refractivity contribution in [3.05, 3.63) is 29.6 Å². The Morgan fingerprint density at radius 2 is 2.40 bits per heavy atom. The van der Waals surface area contributed by atoms with Gasteiger partial charge >= 0.3 is 0 Å². The summed E-state index contributed by atoms with van der Waals surface area (Å²) in [6, 6.07) is 2.86. The molecular weight excluding hydrogens is 256 g/mol. The SMILES string of the molecule is CC1C(=O)NCCN1C(=O)c1ccc(C#CCN)cn1. The minimum atomic E-state index is -0.477. The molecule has 1 fully saturated rings. The van der Waals surface area contributed by atoms with Gasteiger partial charge in [-0.15, -0.1) is 0 Å². The van der Waals surface area contributed by atoms with Crippen molar-refractivity contribution in [2.24, 2.45) is 5.73 Å². The summed E-state index contributed by atoms with van der Waals surface area (Å²) in [5.74, 6) is 5.17. The van der Waals surface area contributed by atoms with Gasteiger partial charge in [0.15, 0.2) is 0 Å². The van der Waals surface area contributed by atoms with Crippen molar-refractivity contribution < 1.29 is 9.59 Å². The number of nitrogens with one attached hydrogen (secondary N) is 1. The monoisotopic (exact) mass is 272 g/mol. The number of carbonyl (C=O) groups is 2. The van der Waals surface area contributed by atoms with E-state index in [9.17, 15) is 9.59 Å². The van der Waals surface area contributed by atoms with Crippen molar-refractivity contribution in [2.45, 2.75) is 13.0 Å². The Kier molecular flexibility index (Phi) is 4.33. The van der Waals surface area contributed by atoms with Crippen molar-refractivity contribution in [1.29, 1.82) is 0 Å². The van der Waals surface area contributed by atoms with Crippen LogP contribution in [0.15, 0.2) is 18.3 Å². The summed E-state index contributed by atoms with van der Waals surface area (Å²) < 4.78 is 0. The first kappa shape index (κ1) is 14.0. The molecule has 6 nitrogen and oxygen atoms in total. The van der Waals surface area contributed by atoms with E-state index in [4.69, 9.17) is 5.73 Å². The van der Waals surface area contributed by atoms with E-state index >= 15 is 0 Å². The lowest BCUT2D eigenvalue weighted by Gasteiger charge is -2.32. The second-order valence-corrected chi connectivity index (χ2v) is 4.40. The van der Waals surface area contributed by atoms with Gasteiger partial charge in [0.1, 0.15) is 11.7 Å². The molecule has 20 heavy (non-hydrogen) atoms. The maximum atomic E-state index is 12.3. The zero-order chi connectivity index (χ0) is 14.5. The van der Waals surface area contributed by atoms with E-state index in [0.29, 0.717) is 24.3 Å². The van der Waals surface area contributed by atoms with Crippen LogP contribution in [0.25, 0.3) is 0 Å². The van der Waals surface area contributed by atoms with Gasteiger partial charge in [-0.25, -0.2) is 4.98 Å². The predicted octanol–water partition coefficient (Wildman–Crippen LogP) is -0.648. The van der Waals surface area contributed by atoms with Crippen molar-refractivity contribution in [1.82, 2.24) is 15.2 Å². The molecular formula is C14H16N4O2. The Labute approximate surface area is 117 Å². The highest BCUT2D eigenvalue weighted by Crippen LogP contribution is 2.10. The smallest absolute Gasteiger partial charge is 0.273 e. The first-order valence-electron chi connectivity index (χ1n) is 6.37. The van der Waals surface area contributed by atoms with Crippen molar-refractivity contribution in [3.8, 4) is 11.8 Å². The molecule has 3 N–H and O–H groups in total. The zero-order valence-corrected chi connectivity index (χ0v) is 11.2. The van der Waals surface area contributed by atoms with Crippen LogP contribution in [-0.2, 0) is 4.79 Å². The number of aromatic nitrogens is 1. The lowest BCUT2D eigenvalue weighted by atomic mass is 10.1. The van der Waals surface area contributed by atoms with Gasteiger partial charge in [0.2, 0.25) is 5.91 Å².